The molecule has 1 aromatic rings. The van der Waals surface area contributed by atoms with E-state index in [4.69, 9.17) is 4.74 Å². The maximum Gasteiger partial charge on any atom is 0.124 e. The van der Waals surface area contributed by atoms with Crippen LogP contribution in [-0.4, -0.2) is 22.9 Å². The number of rotatable bonds is 4. The van der Waals surface area contributed by atoms with Crippen molar-refractivity contribution < 1.29 is 9.84 Å². The molecule has 2 unspecified atom stereocenters. The lowest BCUT2D eigenvalue weighted by molar-refractivity contribution is 0.00631. The first kappa shape index (κ1) is 16.8. The summed E-state index contributed by atoms with van der Waals surface area (Å²) in [5, 5.41) is 13.6. The Hall–Kier alpha value is -0.580. The van der Waals surface area contributed by atoms with Crippen LogP contribution in [0.2, 0.25) is 0 Å². The number of aliphatic hydroxyl groups is 1. The Balaban J connectivity index is 2.10. The molecule has 0 spiro atoms. The monoisotopic (exact) mass is 355 g/mol. The van der Waals surface area contributed by atoms with Gasteiger partial charge in [0.25, 0.3) is 0 Å². The highest BCUT2D eigenvalue weighted by molar-refractivity contribution is 9.10. The van der Waals surface area contributed by atoms with Crippen LogP contribution in [0.5, 0.6) is 5.75 Å². The third-order valence-electron chi connectivity index (χ3n) is 3.78. The van der Waals surface area contributed by atoms with Gasteiger partial charge in [0.05, 0.1) is 6.10 Å². The molecule has 0 radical (unpaired) electrons. The number of nitrogens with one attached hydrogen (secondary N) is 1. The van der Waals surface area contributed by atoms with Crippen molar-refractivity contribution in [2.75, 3.05) is 0 Å². The smallest absolute Gasteiger partial charge is 0.124 e. The number of aliphatic hydroxyl groups excluding tert-OH is 1. The molecule has 0 amide bonds. The summed E-state index contributed by atoms with van der Waals surface area (Å²) in [6, 6.07) is 6.07. The van der Waals surface area contributed by atoms with Crippen molar-refractivity contribution >= 4 is 15.9 Å². The highest BCUT2D eigenvalue weighted by Gasteiger charge is 2.25. The zero-order chi connectivity index (χ0) is 15.5. The number of ether oxygens (including phenoxy) is 1. The minimum absolute atomic E-state index is 0.0595. The first-order chi connectivity index (χ1) is 9.85. The van der Waals surface area contributed by atoms with E-state index < -0.39 is 0 Å². The lowest BCUT2D eigenvalue weighted by atomic mass is 9.95. The maximum absolute atomic E-state index is 10.1. The molecule has 2 rings (SSSR count). The number of halogens is 1. The van der Waals surface area contributed by atoms with Crippen LogP contribution in [0.3, 0.4) is 0 Å². The maximum atomic E-state index is 10.1. The second-order valence-electron chi connectivity index (χ2n) is 6.86. The minimum atomic E-state index is -0.342. The van der Waals surface area contributed by atoms with E-state index in [1.807, 2.05) is 12.1 Å². The molecule has 1 fully saturated rings. The number of hydrogen-bond donors (Lipinski definition) is 2. The Labute approximate surface area is 136 Å². The van der Waals surface area contributed by atoms with E-state index in [1.54, 1.807) is 0 Å². The van der Waals surface area contributed by atoms with E-state index in [1.165, 1.54) is 0 Å². The van der Waals surface area contributed by atoms with E-state index >= 15 is 0 Å². The van der Waals surface area contributed by atoms with Gasteiger partial charge in [0.1, 0.15) is 11.9 Å². The predicted molar refractivity (Wildman–Crippen MR) is 89.6 cm³/mol. The molecule has 2 atom stereocenters. The van der Waals surface area contributed by atoms with Crippen molar-refractivity contribution in [3.63, 3.8) is 0 Å². The summed E-state index contributed by atoms with van der Waals surface area (Å²) in [4.78, 5) is 0. The van der Waals surface area contributed by atoms with E-state index in [2.05, 4.69) is 48.1 Å². The Bertz CT molecular complexity index is 470. The number of hydrogen-bond acceptors (Lipinski definition) is 3. The van der Waals surface area contributed by atoms with Gasteiger partial charge in [0, 0.05) is 22.1 Å². The summed E-state index contributed by atoms with van der Waals surface area (Å²) in [5.74, 6) is 0.876. The van der Waals surface area contributed by atoms with Crippen LogP contribution in [0.25, 0.3) is 0 Å². The standard InChI is InChI=1S/C17H26BrNO2/c1-17(2,3)19-11-12-10-13(18)8-9-15(12)21-16-7-5-4-6-14(16)20/h8-10,14,16,19-20H,4-7,11H2,1-3H3. The van der Waals surface area contributed by atoms with Gasteiger partial charge in [-0.3, -0.25) is 0 Å². The molecule has 0 bridgehead atoms. The quantitative estimate of drug-likeness (QED) is 0.856. The highest BCUT2D eigenvalue weighted by atomic mass is 79.9. The van der Waals surface area contributed by atoms with Gasteiger partial charge < -0.3 is 15.2 Å². The summed E-state index contributed by atoms with van der Waals surface area (Å²) in [6.07, 6.45) is 3.59. The van der Waals surface area contributed by atoms with Crippen molar-refractivity contribution in [2.24, 2.45) is 0 Å². The lowest BCUT2D eigenvalue weighted by Gasteiger charge is -2.29. The molecule has 0 saturated heterocycles. The first-order valence-electron chi connectivity index (χ1n) is 7.73. The van der Waals surface area contributed by atoms with Crippen molar-refractivity contribution in [2.45, 2.75) is 70.7 Å². The summed E-state index contributed by atoms with van der Waals surface area (Å²) >= 11 is 3.52. The van der Waals surface area contributed by atoms with Crippen LogP contribution in [-0.2, 0) is 6.54 Å². The normalized spacial score (nSPS) is 23.1. The Morgan fingerprint density at radius 1 is 1.29 bits per heavy atom. The fraction of sp³-hybridized carbons (Fsp3) is 0.647. The molecule has 1 saturated carbocycles. The van der Waals surface area contributed by atoms with Gasteiger partial charge in [0.15, 0.2) is 0 Å². The van der Waals surface area contributed by atoms with E-state index in [0.29, 0.717) is 0 Å². The molecule has 1 aliphatic carbocycles. The zero-order valence-electron chi connectivity index (χ0n) is 13.2. The van der Waals surface area contributed by atoms with Gasteiger partial charge >= 0.3 is 0 Å². The average molecular weight is 356 g/mol. The molecule has 21 heavy (non-hydrogen) atoms. The fourth-order valence-corrected chi connectivity index (χ4v) is 2.95. The van der Waals surface area contributed by atoms with Crippen LogP contribution in [0.1, 0.15) is 52.0 Å². The molecular weight excluding hydrogens is 330 g/mol. The minimum Gasteiger partial charge on any atom is -0.487 e. The molecule has 0 aliphatic heterocycles. The van der Waals surface area contributed by atoms with Gasteiger partial charge in [-0.25, -0.2) is 0 Å². The van der Waals surface area contributed by atoms with Crippen molar-refractivity contribution in [3.05, 3.63) is 28.2 Å². The van der Waals surface area contributed by atoms with Crippen LogP contribution >= 0.6 is 15.9 Å². The van der Waals surface area contributed by atoms with Crippen molar-refractivity contribution in [1.82, 2.24) is 5.32 Å². The average Bonchev–Trinajstić information content (AvgIpc) is 2.40. The van der Waals surface area contributed by atoms with E-state index in [9.17, 15) is 5.11 Å². The summed E-state index contributed by atoms with van der Waals surface area (Å²) in [7, 11) is 0. The zero-order valence-corrected chi connectivity index (χ0v) is 14.7. The first-order valence-corrected chi connectivity index (χ1v) is 8.52. The van der Waals surface area contributed by atoms with Gasteiger partial charge in [-0.15, -0.1) is 0 Å². The molecule has 4 heteroatoms. The van der Waals surface area contributed by atoms with Crippen LogP contribution in [0.4, 0.5) is 0 Å². The van der Waals surface area contributed by atoms with Crippen LogP contribution in [0.15, 0.2) is 22.7 Å². The largest absolute Gasteiger partial charge is 0.487 e. The van der Waals surface area contributed by atoms with E-state index in [-0.39, 0.29) is 17.7 Å². The fourth-order valence-electron chi connectivity index (χ4n) is 2.54. The summed E-state index contributed by atoms with van der Waals surface area (Å²) < 4.78 is 7.15. The van der Waals surface area contributed by atoms with Gasteiger partial charge in [-0.1, -0.05) is 22.4 Å². The van der Waals surface area contributed by atoms with Gasteiger partial charge in [-0.05, 0) is 58.2 Å². The van der Waals surface area contributed by atoms with Crippen LogP contribution < -0.4 is 10.1 Å². The molecule has 118 valence electrons. The third kappa shape index (κ3) is 5.28. The highest BCUT2D eigenvalue weighted by Crippen LogP contribution is 2.28. The molecule has 0 heterocycles. The summed E-state index contributed by atoms with van der Waals surface area (Å²) in [5.41, 5.74) is 1.18. The molecule has 1 aliphatic rings. The molecular formula is C17H26BrNO2. The third-order valence-corrected chi connectivity index (χ3v) is 4.27. The lowest BCUT2D eigenvalue weighted by Crippen LogP contribution is -2.36. The van der Waals surface area contributed by atoms with Gasteiger partial charge in [0.2, 0.25) is 0 Å². The molecule has 2 N–H and O–H groups in total. The Kier molecular flexibility index (Phi) is 5.69. The van der Waals surface area contributed by atoms with Gasteiger partial charge in [-0.2, -0.15) is 0 Å². The van der Waals surface area contributed by atoms with Crippen molar-refractivity contribution in [1.29, 1.82) is 0 Å². The predicted octanol–water partition coefficient (Wildman–Crippen LogP) is 4.02. The summed E-state index contributed by atoms with van der Waals surface area (Å²) in [6.45, 7) is 7.20. The Morgan fingerprint density at radius 2 is 2.00 bits per heavy atom. The Morgan fingerprint density at radius 3 is 2.67 bits per heavy atom. The second kappa shape index (κ2) is 7.12. The van der Waals surface area contributed by atoms with E-state index in [0.717, 1.165) is 48.0 Å². The topological polar surface area (TPSA) is 41.5 Å². The van der Waals surface area contributed by atoms with Crippen molar-refractivity contribution in [3.8, 4) is 5.75 Å². The number of benzene rings is 1. The molecule has 0 aromatic heterocycles. The molecule has 1 aromatic carbocycles. The second-order valence-corrected chi connectivity index (χ2v) is 7.78. The van der Waals surface area contributed by atoms with Crippen LogP contribution in [0, 0.1) is 0 Å². The molecule has 3 nitrogen and oxygen atoms in total. The SMILES string of the molecule is CC(C)(C)NCc1cc(Br)ccc1OC1CCCCC1O.